The normalized spacial score (nSPS) is 18.8. The van der Waals surface area contributed by atoms with Crippen molar-refractivity contribution in [3.8, 4) is 23.2 Å². The Morgan fingerprint density at radius 1 is 1.33 bits per heavy atom. The maximum atomic E-state index is 15.1. The number of hydrogen-bond acceptors (Lipinski definition) is 9. The smallest absolute Gasteiger partial charge is 0.192 e. The first kappa shape index (κ1) is 21.4. The lowest BCUT2D eigenvalue weighted by Gasteiger charge is -2.28. The van der Waals surface area contributed by atoms with E-state index in [9.17, 15) is 5.26 Å². The van der Waals surface area contributed by atoms with Crippen molar-refractivity contribution in [1.82, 2.24) is 24.9 Å². The van der Waals surface area contributed by atoms with E-state index in [0.717, 1.165) is 25.9 Å². The molecule has 2 fully saturated rings. The van der Waals surface area contributed by atoms with E-state index in [0.29, 0.717) is 55.0 Å². The zero-order chi connectivity index (χ0) is 22.8. The molecule has 5 rings (SSSR count). The highest BCUT2D eigenvalue weighted by Crippen LogP contribution is 2.31. The maximum Gasteiger partial charge on any atom is 0.192 e. The van der Waals surface area contributed by atoms with E-state index in [2.05, 4.69) is 25.5 Å². The van der Waals surface area contributed by atoms with Gasteiger partial charge < -0.3 is 25.0 Å². The third kappa shape index (κ3) is 4.15. The van der Waals surface area contributed by atoms with Gasteiger partial charge in [0.2, 0.25) is 0 Å². The molecule has 3 aromatic rings. The number of hydrogen-bond donors (Lipinski definition) is 2. The molecule has 0 bridgehead atoms. The number of aromatic nitrogens is 4. The van der Waals surface area contributed by atoms with Gasteiger partial charge in [-0.2, -0.15) is 5.26 Å². The van der Waals surface area contributed by atoms with E-state index < -0.39 is 5.82 Å². The Morgan fingerprint density at radius 3 is 2.91 bits per heavy atom. The standard InChI is InChI=1S/C22H25FN8O2/c1-32-18-10-19-26-13-17(31(19)29-22(18)30-5-7-33-8-6-30)20-16(23)9-14(11-24)21(28-20)27-15-3-2-4-25-12-15/h9-10,13,15,25H,2-8,12H2,1H3,(H,27,28). The second-order valence-electron chi connectivity index (χ2n) is 8.06. The molecule has 1 unspecified atom stereocenters. The monoisotopic (exact) mass is 452 g/mol. The van der Waals surface area contributed by atoms with Gasteiger partial charge in [-0.1, -0.05) is 0 Å². The number of nitriles is 1. The number of ether oxygens (including phenoxy) is 2. The van der Waals surface area contributed by atoms with Gasteiger partial charge >= 0.3 is 0 Å². The number of rotatable bonds is 5. The van der Waals surface area contributed by atoms with E-state index in [4.69, 9.17) is 14.6 Å². The number of pyridine rings is 1. The topological polar surface area (TPSA) is 113 Å². The average molecular weight is 452 g/mol. The van der Waals surface area contributed by atoms with Gasteiger partial charge in [-0.25, -0.2) is 18.9 Å². The molecule has 2 aliphatic heterocycles. The van der Waals surface area contributed by atoms with E-state index in [1.165, 1.54) is 12.3 Å². The molecule has 0 aliphatic carbocycles. The summed E-state index contributed by atoms with van der Waals surface area (Å²) in [5, 5.41) is 20.9. The number of imidazole rings is 1. The van der Waals surface area contributed by atoms with Crippen molar-refractivity contribution in [1.29, 1.82) is 5.26 Å². The van der Waals surface area contributed by atoms with Crippen LogP contribution in [0.1, 0.15) is 18.4 Å². The molecule has 10 nitrogen and oxygen atoms in total. The van der Waals surface area contributed by atoms with Crippen molar-refractivity contribution in [2.75, 3.05) is 56.7 Å². The van der Waals surface area contributed by atoms with Crippen LogP contribution in [0.2, 0.25) is 0 Å². The number of anilines is 2. The average Bonchev–Trinajstić information content (AvgIpc) is 3.27. The highest BCUT2D eigenvalue weighted by atomic mass is 19.1. The largest absolute Gasteiger partial charge is 0.493 e. The third-order valence-electron chi connectivity index (χ3n) is 5.95. The molecule has 0 saturated carbocycles. The third-order valence-corrected chi connectivity index (χ3v) is 5.95. The van der Waals surface area contributed by atoms with Crippen molar-refractivity contribution < 1.29 is 13.9 Å². The summed E-state index contributed by atoms with van der Waals surface area (Å²) >= 11 is 0. The van der Waals surface area contributed by atoms with Crippen LogP contribution in [0.3, 0.4) is 0 Å². The fourth-order valence-corrected chi connectivity index (χ4v) is 4.23. The van der Waals surface area contributed by atoms with Gasteiger partial charge in [-0.15, -0.1) is 5.10 Å². The van der Waals surface area contributed by atoms with Gasteiger partial charge in [-0.3, -0.25) is 0 Å². The van der Waals surface area contributed by atoms with Gasteiger partial charge in [0.15, 0.2) is 23.0 Å². The fraction of sp³-hybridized carbons (Fsp3) is 0.455. The Bertz CT molecular complexity index is 1200. The predicted molar refractivity (Wildman–Crippen MR) is 120 cm³/mol. The van der Waals surface area contributed by atoms with Gasteiger partial charge in [0.25, 0.3) is 0 Å². The molecule has 172 valence electrons. The number of piperidine rings is 1. The maximum absolute atomic E-state index is 15.1. The van der Waals surface area contributed by atoms with Gasteiger partial charge in [0, 0.05) is 31.7 Å². The van der Waals surface area contributed by atoms with Gasteiger partial charge in [-0.05, 0) is 25.5 Å². The first-order chi connectivity index (χ1) is 16.2. The molecular formula is C22H25FN8O2. The number of nitrogens with zero attached hydrogens (tertiary/aromatic N) is 6. The van der Waals surface area contributed by atoms with Crippen LogP contribution in [-0.2, 0) is 4.74 Å². The van der Waals surface area contributed by atoms with Crippen LogP contribution < -0.4 is 20.3 Å². The van der Waals surface area contributed by atoms with E-state index in [1.807, 2.05) is 6.07 Å². The first-order valence-corrected chi connectivity index (χ1v) is 11.0. The summed E-state index contributed by atoms with van der Waals surface area (Å²) in [6.45, 7) is 4.26. The zero-order valence-corrected chi connectivity index (χ0v) is 18.3. The summed E-state index contributed by atoms with van der Waals surface area (Å²) in [4.78, 5) is 11.0. The summed E-state index contributed by atoms with van der Waals surface area (Å²) in [7, 11) is 1.58. The molecule has 2 aliphatic rings. The van der Waals surface area contributed by atoms with Crippen LogP contribution in [0.4, 0.5) is 16.0 Å². The van der Waals surface area contributed by atoms with Crippen molar-refractivity contribution in [3.05, 3.63) is 29.7 Å². The van der Waals surface area contributed by atoms with E-state index in [1.54, 1.807) is 17.7 Å². The van der Waals surface area contributed by atoms with Crippen molar-refractivity contribution >= 4 is 17.3 Å². The molecule has 0 spiro atoms. The SMILES string of the molecule is COc1cc2ncc(-c3nc(NC4CCCNC4)c(C#N)cc3F)n2nc1N1CCOCC1. The van der Waals surface area contributed by atoms with E-state index >= 15 is 4.39 Å². The molecule has 1 atom stereocenters. The quantitative estimate of drug-likeness (QED) is 0.598. The second-order valence-corrected chi connectivity index (χ2v) is 8.06. The molecule has 5 heterocycles. The molecule has 33 heavy (non-hydrogen) atoms. The Balaban J connectivity index is 1.58. The molecule has 0 radical (unpaired) electrons. The minimum Gasteiger partial charge on any atom is -0.493 e. The van der Waals surface area contributed by atoms with Crippen LogP contribution in [0, 0.1) is 17.1 Å². The Labute approximate surface area is 190 Å². The summed E-state index contributed by atoms with van der Waals surface area (Å²) in [5.74, 6) is 0.973. The first-order valence-electron chi connectivity index (χ1n) is 11.0. The Morgan fingerprint density at radius 2 is 2.18 bits per heavy atom. The van der Waals surface area contributed by atoms with E-state index in [-0.39, 0.29) is 17.3 Å². The van der Waals surface area contributed by atoms with Crippen LogP contribution in [0.15, 0.2) is 18.3 Å². The van der Waals surface area contributed by atoms with Crippen molar-refractivity contribution in [2.45, 2.75) is 18.9 Å². The Kier molecular flexibility index (Phi) is 5.93. The lowest BCUT2D eigenvalue weighted by Crippen LogP contribution is -2.38. The highest BCUT2D eigenvalue weighted by molar-refractivity contribution is 5.67. The van der Waals surface area contributed by atoms with Crippen LogP contribution >= 0.6 is 0 Å². The molecule has 0 amide bonds. The number of fused-ring (bicyclic) bond motifs is 1. The summed E-state index contributed by atoms with van der Waals surface area (Å²) < 4.78 is 27.7. The molecule has 11 heteroatoms. The molecule has 0 aromatic carbocycles. The molecule has 2 saturated heterocycles. The predicted octanol–water partition coefficient (Wildman–Crippen LogP) is 1.81. The van der Waals surface area contributed by atoms with Crippen LogP contribution in [-0.4, -0.2) is 72.1 Å². The van der Waals surface area contributed by atoms with Gasteiger partial charge in [0.05, 0.1) is 32.1 Å². The summed E-state index contributed by atoms with van der Waals surface area (Å²) in [5.41, 5.74) is 1.15. The van der Waals surface area contributed by atoms with Crippen LogP contribution in [0.5, 0.6) is 5.75 Å². The fourth-order valence-electron chi connectivity index (χ4n) is 4.23. The summed E-state index contributed by atoms with van der Waals surface area (Å²) in [6, 6.07) is 5.15. The number of morpholine rings is 1. The zero-order valence-electron chi connectivity index (χ0n) is 18.3. The van der Waals surface area contributed by atoms with Gasteiger partial charge in [0.1, 0.15) is 23.3 Å². The second kappa shape index (κ2) is 9.17. The lowest BCUT2D eigenvalue weighted by atomic mass is 10.1. The van der Waals surface area contributed by atoms with Crippen molar-refractivity contribution in [3.63, 3.8) is 0 Å². The number of halogens is 1. The number of methoxy groups -OCH3 is 1. The highest BCUT2D eigenvalue weighted by Gasteiger charge is 2.23. The van der Waals surface area contributed by atoms with Crippen molar-refractivity contribution in [2.24, 2.45) is 0 Å². The molecular weight excluding hydrogens is 427 g/mol. The van der Waals surface area contributed by atoms with Crippen LogP contribution in [0.25, 0.3) is 17.0 Å². The minimum atomic E-state index is -0.605. The Hall–Kier alpha value is -3.49. The molecule has 2 N–H and O–H groups in total. The number of nitrogens with one attached hydrogen (secondary N) is 2. The minimum absolute atomic E-state index is 0.0818. The lowest BCUT2D eigenvalue weighted by molar-refractivity contribution is 0.122. The molecule has 3 aromatic heterocycles. The summed E-state index contributed by atoms with van der Waals surface area (Å²) in [6.07, 6.45) is 3.51.